The van der Waals surface area contributed by atoms with Crippen LogP contribution in [0.1, 0.15) is 22.0 Å². The standard InChI is InChI=1S/C13H16ClFN2O2/c14-9-12(17-6-4-16-5-7-17)10-2-1-3-11(8-10)13(18)19-15/h1-3,8,12,16H,4-7,9H2. The zero-order chi connectivity index (χ0) is 13.7. The molecule has 1 fully saturated rings. The van der Waals surface area contributed by atoms with Gasteiger partial charge in [-0.15, -0.1) is 11.6 Å². The summed E-state index contributed by atoms with van der Waals surface area (Å²) in [6.07, 6.45) is 0. The third kappa shape index (κ3) is 3.43. The highest BCUT2D eigenvalue weighted by molar-refractivity contribution is 6.18. The molecule has 0 aliphatic carbocycles. The Labute approximate surface area is 116 Å². The monoisotopic (exact) mass is 286 g/mol. The number of hydrogen-bond acceptors (Lipinski definition) is 4. The Kier molecular flexibility index (Phi) is 5.13. The number of rotatable bonds is 4. The topological polar surface area (TPSA) is 41.6 Å². The quantitative estimate of drug-likeness (QED) is 0.859. The average molecular weight is 287 g/mol. The van der Waals surface area contributed by atoms with Gasteiger partial charge in [0, 0.05) is 42.6 Å². The summed E-state index contributed by atoms with van der Waals surface area (Å²) in [6, 6.07) is 6.79. The van der Waals surface area contributed by atoms with E-state index in [4.69, 9.17) is 11.6 Å². The van der Waals surface area contributed by atoms with E-state index in [2.05, 4.69) is 15.2 Å². The second kappa shape index (κ2) is 6.84. The highest BCUT2D eigenvalue weighted by atomic mass is 35.5. The molecule has 0 bridgehead atoms. The van der Waals surface area contributed by atoms with Crippen LogP contribution in [0.25, 0.3) is 0 Å². The molecule has 4 nitrogen and oxygen atoms in total. The molecule has 1 aliphatic rings. The highest BCUT2D eigenvalue weighted by Crippen LogP contribution is 2.23. The molecule has 6 heteroatoms. The molecule has 1 aliphatic heterocycles. The molecular formula is C13H16ClFN2O2. The molecule has 0 amide bonds. The fourth-order valence-corrected chi connectivity index (χ4v) is 2.68. The maximum Gasteiger partial charge on any atom is 0.379 e. The van der Waals surface area contributed by atoms with Gasteiger partial charge in [0.2, 0.25) is 0 Å². The molecule has 1 heterocycles. The first-order valence-electron chi connectivity index (χ1n) is 6.20. The van der Waals surface area contributed by atoms with Crippen molar-refractivity contribution < 1.29 is 14.3 Å². The van der Waals surface area contributed by atoms with E-state index < -0.39 is 5.97 Å². The summed E-state index contributed by atoms with van der Waals surface area (Å²) in [7, 11) is 0. The van der Waals surface area contributed by atoms with Gasteiger partial charge in [0.15, 0.2) is 0 Å². The molecule has 19 heavy (non-hydrogen) atoms. The smallest absolute Gasteiger partial charge is 0.314 e. The van der Waals surface area contributed by atoms with Gasteiger partial charge in [0.1, 0.15) is 0 Å². The number of halogens is 2. The summed E-state index contributed by atoms with van der Waals surface area (Å²) >= 11 is 6.05. The number of hydrogen-bond donors (Lipinski definition) is 1. The van der Waals surface area contributed by atoms with Crippen molar-refractivity contribution >= 4 is 17.6 Å². The summed E-state index contributed by atoms with van der Waals surface area (Å²) in [5.74, 6) is -0.552. The first-order chi connectivity index (χ1) is 9.26. The molecule has 104 valence electrons. The van der Waals surface area contributed by atoms with E-state index >= 15 is 0 Å². The highest BCUT2D eigenvalue weighted by Gasteiger charge is 2.22. The molecule has 0 saturated carbocycles. The van der Waals surface area contributed by atoms with Crippen molar-refractivity contribution in [1.29, 1.82) is 0 Å². The lowest BCUT2D eigenvalue weighted by Crippen LogP contribution is -2.45. The Morgan fingerprint density at radius 1 is 1.47 bits per heavy atom. The molecular weight excluding hydrogens is 271 g/mol. The van der Waals surface area contributed by atoms with Gasteiger partial charge in [-0.05, 0) is 17.7 Å². The van der Waals surface area contributed by atoms with E-state index in [1.165, 1.54) is 6.07 Å². The van der Waals surface area contributed by atoms with Gasteiger partial charge >= 0.3 is 5.97 Å². The van der Waals surface area contributed by atoms with Crippen LogP contribution in [0.2, 0.25) is 0 Å². The summed E-state index contributed by atoms with van der Waals surface area (Å²) in [5.41, 5.74) is 1.10. The number of nitrogens with one attached hydrogen (secondary N) is 1. The Morgan fingerprint density at radius 2 is 2.21 bits per heavy atom. The molecule has 0 aromatic heterocycles. The number of nitrogens with zero attached hydrogens (tertiary/aromatic N) is 1. The lowest BCUT2D eigenvalue weighted by molar-refractivity contribution is -0.0788. The Morgan fingerprint density at radius 3 is 2.84 bits per heavy atom. The van der Waals surface area contributed by atoms with Crippen LogP contribution in [0, 0.1) is 0 Å². The lowest BCUT2D eigenvalue weighted by Gasteiger charge is -2.34. The van der Waals surface area contributed by atoms with E-state index in [9.17, 15) is 9.32 Å². The molecule has 0 spiro atoms. The predicted molar refractivity (Wildman–Crippen MR) is 70.9 cm³/mol. The predicted octanol–water partition coefficient (Wildman–Crippen LogP) is 1.91. The number of benzene rings is 1. The van der Waals surface area contributed by atoms with Crippen molar-refractivity contribution in [2.24, 2.45) is 0 Å². The van der Waals surface area contributed by atoms with E-state index in [0.717, 1.165) is 31.7 Å². The molecule has 2 rings (SSSR count). The van der Waals surface area contributed by atoms with Gasteiger partial charge in [-0.2, -0.15) is 0 Å². The number of alkyl halides is 1. The number of carbonyl (C=O) groups is 1. The zero-order valence-corrected chi connectivity index (χ0v) is 11.2. The maximum atomic E-state index is 11.9. The van der Waals surface area contributed by atoms with E-state index in [1.54, 1.807) is 12.1 Å². The van der Waals surface area contributed by atoms with Crippen LogP contribution in [0.3, 0.4) is 0 Å². The molecule has 1 atom stereocenters. The van der Waals surface area contributed by atoms with Crippen molar-refractivity contribution in [3.05, 3.63) is 35.4 Å². The van der Waals surface area contributed by atoms with Crippen molar-refractivity contribution in [3.8, 4) is 0 Å². The van der Waals surface area contributed by atoms with Crippen LogP contribution < -0.4 is 5.32 Å². The van der Waals surface area contributed by atoms with Crippen LogP contribution in [0.15, 0.2) is 24.3 Å². The Balaban J connectivity index is 2.19. The average Bonchev–Trinajstić information content (AvgIpc) is 2.48. The van der Waals surface area contributed by atoms with E-state index in [1.807, 2.05) is 6.07 Å². The van der Waals surface area contributed by atoms with Gasteiger partial charge in [-0.25, -0.2) is 9.74 Å². The second-order valence-corrected chi connectivity index (χ2v) is 4.75. The first-order valence-corrected chi connectivity index (χ1v) is 6.73. The maximum absolute atomic E-state index is 11.9. The summed E-state index contributed by atoms with van der Waals surface area (Å²) in [4.78, 5) is 16.7. The molecule has 1 saturated heterocycles. The third-order valence-electron chi connectivity index (χ3n) is 3.32. The third-order valence-corrected chi connectivity index (χ3v) is 3.61. The number of carbonyl (C=O) groups excluding carboxylic acids is 1. The van der Waals surface area contributed by atoms with Crippen molar-refractivity contribution in [3.63, 3.8) is 0 Å². The Hall–Kier alpha value is -1.17. The van der Waals surface area contributed by atoms with E-state index in [-0.39, 0.29) is 11.6 Å². The van der Waals surface area contributed by atoms with Gasteiger partial charge < -0.3 is 5.32 Å². The first kappa shape index (κ1) is 14.2. The second-order valence-electron chi connectivity index (χ2n) is 4.45. The van der Waals surface area contributed by atoms with Crippen LogP contribution >= 0.6 is 11.6 Å². The molecule has 1 aromatic rings. The lowest BCUT2D eigenvalue weighted by atomic mass is 10.0. The van der Waals surface area contributed by atoms with Crippen molar-refractivity contribution in [2.75, 3.05) is 32.1 Å². The van der Waals surface area contributed by atoms with Gasteiger partial charge in [0.25, 0.3) is 0 Å². The van der Waals surface area contributed by atoms with Crippen LogP contribution in [-0.4, -0.2) is 42.9 Å². The van der Waals surface area contributed by atoms with Crippen LogP contribution in [0.5, 0.6) is 0 Å². The van der Waals surface area contributed by atoms with Gasteiger partial charge in [-0.1, -0.05) is 12.1 Å². The summed E-state index contributed by atoms with van der Waals surface area (Å²) in [5, 5.41) is 3.28. The van der Waals surface area contributed by atoms with Crippen molar-refractivity contribution in [1.82, 2.24) is 10.2 Å². The molecule has 1 aromatic carbocycles. The minimum atomic E-state index is -0.976. The van der Waals surface area contributed by atoms with E-state index in [0.29, 0.717) is 5.88 Å². The SMILES string of the molecule is O=C(OF)c1cccc(C(CCl)N2CCNCC2)c1. The van der Waals surface area contributed by atoms with Gasteiger partial charge in [0.05, 0.1) is 5.56 Å². The summed E-state index contributed by atoms with van der Waals surface area (Å²) in [6.45, 7) is 3.63. The van der Waals surface area contributed by atoms with Crippen LogP contribution in [0.4, 0.5) is 4.53 Å². The number of piperazine rings is 1. The Bertz CT molecular complexity index is 438. The normalized spacial score (nSPS) is 18.0. The molecule has 1 N–H and O–H groups in total. The largest absolute Gasteiger partial charge is 0.379 e. The zero-order valence-electron chi connectivity index (χ0n) is 10.4. The minimum Gasteiger partial charge on any atom is -0.314 e. The fourth-order valence-electron chi connectivity index (χ4n) is 2.31. The minimum absolute atomic E-state index is 0.0242. The van der Waals surface area contributed by atoms with Gasteiger partial charge in [-0.3, -0.25) is 4.90 Å². The summed E-state index contributed by atoms with van der Waals surface area (Å²) < 4.78 is 11.9. The molecule has 0 radical (unpaired) electrons. The fraction of sp³-hybridized carbons (Fsp3) is 0.462. The van der Waals surface area contributed by atoms with Crippen molar-refractivity contribution in [2.45, 2.75) is 6.04 Å². The molecule has 1 unspecified atom stereocenters. The van der Waals surface area contributed by atoms with Crippen LogP contribution in [-0.2, 0) is 4.94 Å².